The predicted octanol–water partition coefficient (Wildman–Crippen LogP) is 2.46. The first-order valence-corrected chi connectivity index (χ1v) is 10.0. The van der Waals surface area contributed by atoms with Crippen molar-refractivity contribution in [1.29, 1.82) is 0 Å². The van der Waals surface area contributed by atoms with Gasteiger partial charge in [-0.3, -0.25) is 9.69 Å². The molecule has 5 heteroatoms. The van der Waals surface area contributed by atoms with Crippen molar-refractivity contribution in [2.75, 3.05) is 46.3 Å². The van der Waals surface area contributed by atoms with Gasteiger partial charge in [0.1, 0.15) is 0 Å². The Hall–Kier alpha value is -1.43. The number of carbonyl (C=O) groups is 1. The van der Waals surface area contributed by atoms with Crippen LogP contribution in [0.3, 0.4) is 0 Å². The molecule has 0 aliphatic carbocycles. The first-order chi connectivity index (χ1) is 12.6. The molecule has 0 spiro atoms. The van der Waals surface area contributed by atoms with Crippen LogP contribution in [0, 0.1) is 0 Å². The van der Waals surface area contributed by atoms with Crippen LogP contribution < -0.4 is 0 Å². The molecule has 1 aromatic carbocycles. The van der Waals surface area contributed by atoms with Crippen molar-refractivity contribution >= 4 is 5.91 Å². The van der Waals surface area contributed by atoms with Crippen molar-refractivity contribution < 1.29 is 9.53 Å². The van der Waals surface area contributed by atoms with Crippen molar-refractivity contribution in [3.63, 3.8) is 0 Å². The van der Waals surface area contributed by atoms with E-state index in [1.165, 1.54) is 5.56 Å². The van der Waals surface area contributed by atoms with E-state index in [0.29, 0.717) is 13.1 Å². The van der Waals surface area contributed by atoms with Crippen LogP contribution in [0.4, 0.5) is 0 Å². The van der Waals surface area contributed by atoms with Gasteiger partial charge in [0.15, 0.2) is 0 Å². The van der Waals surface area contributed by atoms with Crippen LogP contribution in [0.1, 0.15) is 42.6 Å². The van der Waals surface area contributed by atoms with E-state index in [9.17, 15) is 4.79 Å². The van der Waals surface area contributed by atoms with Crippen LogP contribution in [0.15, 0.2) is 24.3 Å². The van der Waals surface area contributed by atoms with Gasteiger partial charge < -0.3 is 14.5 Å². The summed E-state index contributed by atoms with van der Waals surface area (Å²) in [5.41, 5.74) is 2.07. The van der Waals surface area contributed by atoms with Gasteiger partial charge >= 0.3 is 0 Å². The molecule has 0 aromatic heterocycles. The normalized spacial score (nSPS) is 25.4. The Bertz CT molecular complexity index is 569. The zero-order valence-corrected chi connectivity index (χ0v) is 16.5. The number of amides is 1. The summed E-state index contributed by atoms with van der Waals surface area (Å²) < 4.78 is 6.01. The third-order valence-corrected chi connectivity index (χ3v) is 5.63. The highest BCUT2D eigenvalue weighted by atomic mass is 16.5. The van der Waals surface area contributed by atoms with Gasteiger partial charge in [0.25, 0.3) is 5.91 Å². The summed E-state index contributed by atoms with van der Waals surface area (Å²) in [5, 5.41) is 0. The molecular weight excluding hydrogens is 326 g/mol. The van der Waals surface area contributed by atoms with Gasteiger partial charge in [-0.15, -0.1) is 0 Å². The van der Waals surface area contributed by atoms with Crippen LogP contribution in [0.25, 0.3) is 0 Å². The lowest BCUT2D eigenvalue weighted by atomic mass is 10.1. The second kappa shape index (κ2) is 8.98. The number of morpholine rings is 1. The summed E-state index contributed by atoms with van der Waals surface area (Å²) in [4.78, 5) is 19.7. The number of carbonyl (C=O) groups excluding carboxylic acids is 1. The second-order valence-corrected chi connectivity index (χ2v) is 7.68. The van der Waals surface area contributed by atoms with Crippen LogP contribution in [0.5, 0.6) is 0 Å². The summed E-state index contributed by atoms with van der Waals surface area (Å²) >= 11 is 0. The summed E-state index contributed by atoms with van der Waals surface area (Å²) in [7, 11) is 2.18. The van der Waals surface area contributed by atoms with Crippen molar-refractivity contribution in [3.05, 3.63) is 35.4 Å². The lowest BCUT2D eigenvalue weighted by Crippen LogP contribution is -2.49. The number of benzene rings is 1. The molecule has 2 fully saturated rings. The quantitative estimate of drug-likeness (QED) is 0.809. The van der Waals surface area contributed by atoms with Crippen molar-refractivity contribution in [3.8, 4) is 0 Å². The van der Waals surface area contributed by atoms with E-state index in [1.54, 1.807) is 0 Å². The fraction of sp³-hybridized carbons (Fsp3) is 0.667. The van der Waals surface area contributed by atoms with Gasteiger partial charge in [-0.05, 0) is 37.6 Å². The van der Waals surface area contributed by atoms with Gasteiger partial charge in [0.05, 0.1) is 12.2 Å². The molecule has 1 amide bonds. The molecule has 2 atom stereocenters. The summed E-state index contributed by atoms with van der Waals surface area (Å²) in [5.74, 6) is 0.136. The first-order valence-electron chi connectivity index (χ1n) is 10.0. The van der Waals surface area contributed by atoms with E-state index in [2.05, 4.69) is 42.8 Å². The maximum Gasteiger partial charge on any atom is 0.254 e. The fourth-order valence-corrected chi connectivity index (χ4v) is 3.74. The van der Waals surface area contributed by atoms with Crippen LogP contribution in [-0.2, 0) is 11.3 Å². The van der Waals surface area contributed by atoms with E-state index in [1.807, 2.05) is 17.0 Å². The molecule has 3 rings (SSSR count). The molecule has 1 aromatic rings. The van der Waals surface area contributed by atoms with Gasteiger partial charge in [-0.2, -0.15) is 0 Å². The van der Waals surface area contributed by atoms with Gasteiger partial charge in [0, 0.05) is 51.4 Å². The molecule has 26 heavy (non-hydrogen) atoms. The Morgan fingerprint density at radius 1 is 1.00 bits per heavy atom. The molecule has 0 bridgehead atoms. The number of hydrogen-bond donors (Lipinski definition) is 0. The van der Waals surface area contributed by atoms with Crippen LogP contribution in [-0.4, -0.2) is 79.1 Å². The Morgan fingerprint density at radius 2 is 1.58 bits per heavy atom. The smallest absolute Gasteiger partial charge is 0.254 e. The Labute approximate surface area is 157 Å². The SMILES string of the molecule is CCC1CN(C(=O)c2ccc(CN3CCN(C)CC3)cc2)CC(CC)O1. The van der Waals surface area contributed by atoms with Gasteiger partial charge in [0.2, 0.25) is 0 Å². The van der Waals surface area contributed by atoms with Gasteiger partial charge in [-0.25, -0.2) is 0 Å². The fourth-order valence-electron chi connectivity index (χ4n) is 3.74. The summed E-state index contributed by atoms with van der Waals surface area (Å²) in [6.45, 7) is 11.1. The van der Waals surface area contributed by atoms with Crippen molar-refractivity contribution in [2.45, 2.75) is 45.4 Å². The zero-order chi connectivity index (χ0) is 18.5. The molecule has 2 heterocycles. The molecule has 0 saturated carbocycles. The largest absolute Gasteiger partial charge is 0.371 e. The van der Waals surface area contributed by atoms with Crippen LogP contribution >= 0.6 is 0 Å². The first kappa shape index (κ1) is 19.3. The Morgan fingerprint density at radius 3 is 2.12 bits per heavy atom. The van der Waals surface area contributed by atoms with E-state index >= 15 is 0 Å². The number of rotatable bonds is 5. The molecule has 2 aliphatic heterocycles. The number of piperazine rings is 1. The van der Waals surface area contributed by atoms with E-state index in [4.69, 9.17) is 4.74 Å². The average Bonchev–Trinajstić information content (AvgIpc) is 2.69. The van der Waals surface area contributed by atoms with Crippen LogP contribution in [0.2, 0.25) is 0 Å². The van der Waals surface area contributed by atoms with Crippen molar-refractivity contribution in [1.82, 2.24) is 14.7 Å². The predicted molar refractivity (Wildman–Crippen MR) is 104 cm³/mol. The summed E-state index contributed by atoms with van der Waals surface area (Å²) in [6.07, 6.45) is 2.22. The maximum atomic E-state index is 12.9. The monoisotopic (exact) mass is 359 g/mol. The second-order valence-electron chi connectivity index (χ2n) is 7.68. The minimum absolute atomic E-state index is 0.136. The molecule has 2 unspecified atom stereocenters. The number of ether oxygens (including phenoxy) is 1. The lowest BCUT2D eigenvalue weighted by Gasteiger charge is -2.37. The number of hydrogen-bond acceptors (Lipinski definition) is 4. The zero-order valence-electron chi connectivity index (χ0n) is 16.5. The summed E-state index contributed by atoms with van der Waals surface area (Å²) in [6, 6.07) is 8.21. The number of likely N-dealkylation sites (N-methyl/N-ethyl adjacent to an activating group) is 1. The van der Waals surface area contributed by atoms with Crippen molar-refractivity contribution in [2.24, 2.45) is 0 Å². The molecule has 5 nitrogen and oxygen atoms in total. The Balaban J connectivity index is 1.59. The van der Waals surface area contributed by atoms with Gasteiger partial charge in [-0.1, -0.05) is 26.0 Å². The highest BCUT2D eigenvalue weighted by Crippen LogP contribution is 2.19. The average molecular weight is 360 g/mol. The number of nitrogens with zero attached hydrogens (tertiary/aromatic N) is 3. The molecule has 2 saturated heterocycles. The third kappa shape index (κ3) is 4.84. The highest BCUT2D eigenvalue weighted by molar-refractivity contribution is 5.94. The minimum Gasteiger partial charge on any atom is -0.371 e. The standard InChI is InChI=1S/C21H33N3O2/c1-4-19-15-24(16-20(5-2)26-19)21(25)18-8-6-17(7-9-18)14-23-12-10-22(3)11-13-23/h6-9,19-20H,4-5,10-16H2,1-3H3. The molecule has 144 valence electrons. The third-order valence-electron chi connectivity index (χ3n) is 5.63. The lowest BCUT2D eigenvalue weighted by molar-refractivity contribution is -0.0772. The molecular formula is C21H33N3O2. The Kier molecular flexibility index (Phi) is 6.68. The molecule has 0 radical (unpaired) electrons. The van der Waals surface area contributed by atoms with E-state index in [-0.39, 0.29) is 18.1 Å². The topological polar surface area (TPSA) is 36.0 Å². The van der Waals surface area contributed by atoms with E-state index in [0.717, 1.165) is 51.1 Å². The molecule has 2 aliphatic rings. The highest BCUT2D eigenvalue weighted by Gasteiger charge is 2.29. The minimum atomic E-state index is 0.136. The van der Waals surface area contributed by atoms with E-state index < -0.39 is 0 Å². The maximum absolute atomic E-state index is 12.9. The molecule has 0 N–H and O–H groups in total.